The molecule has 0 bridgehead atoms. The Morgan fingerprint density at radius 1 is 0.288 bits per heavy atom. The SMILES string of the molecule is CC(O)CC(C)O.CC(O)CC(C)O.CC(O)CC(C)O.Cc1cnc(-c2[c-]cc3cc(-c4ccc5ccccc5c4)ccc3c2)c(C)n1.Cc1cnc(-c2[c-]cc3ccc(-c4cccc5ccccc45)cc3c2)c(C)n1.Cc1cnc(-c2[c-]cc3ccc(-c4ccccc4)cc3c2)c(C)n1.[Ir].[Ir].[Ir]. The van der Waals surface area contributed by atoms with Gasteiger partial charge >= 0.3 is 0 Å². The summed E-state index contributed by atoms with van der Waals surface area (Å²) in [5, 5.41) is 63.5. The van der Waals surface area contributed by atoms with Crippen LogP contribution in [0.2, 0.25) is 0 Å². The van der Waals surface area contributed by atoms with Gasteiger partial charge in [0.1, 0.15) is 0 Å². The van der Waals surface area contributed by atoms with Gasteiger partial charge in [-0.2, -0.15) is 0 Å². The van der Waals surface area contributed by atoms with E-state index in [1.807, 2.05) is 72.1 Å². The number of aliphatic hydroxyl groups is 6. The summed E-state index contributed by atoms with van der Waals surface area (Å²) in [4.78, 5) is 27.3. The van der Waals surface area contributed by atoms with Crippen LogP contribution in [0, 0.1) is 59.7 Å². The number of benzene rings is 11. The van der Waals surface area contributed by atoms with E-state index < -0.39 is 0 Å². The van der Waals surface area contributed by atoms with Gasteiger partial charge in [-0.3, -0.25) is 15.0 Å². The Balaban J connectivity index is 0.000000213. The molecule has 0 saturated heterocycles. The Labute approximate surface area is 653 Å². The molecule has 12 nitrogen and oxygen atoms in total. The van der Waals surface area contributed by atoms with Crippen molar-refractivity contribution in [1.29, 1.82) is 0 Å². The van der Waals surface area contributed by atoms with Crippen LogP contribution >= 0.6 is 0 Å². The Morgan fingerprint density at radius 3 is 1.04 bits per heavy atom. The molecule has 543 valence electrons. The minimum Gasteiger partial charge on any atom is -0.393 e. The molecule has 0 amide bonds. The summed E-state index contributed by atoms with van der Waals surface area (Å²) in [6.45, 7) is 21.8. The largest absolute Gasteiger partial charge is 0.393 e. The van der Waals surface area contributed by atoms with E-state index in [2.05, 4.69) is 236 Å². The first-order valence-corrected chi connectivity index (χ1v) is 34.3. The molecule has 14 aromatic rings. The molecule has 0 aliphatic rings. The van der Waals surface area contributed by atoms with Gasteiger partial charge in [-0.1, -0.05) is 180 Å². The molecule has 14 rings (SSSR count). The zero-order valence-electron chi connectivity index (χ0n) is 60.8. The fraction of sp³-hybridized carbons (Fsp3) is 0.236. The molecule has 6 unspecified atom stereocenters. The summed E-state index contributed by atoms with van der Waals surface area (Å²) in [5.74, 6) is 0. The van der Waals surface area contributed by atoms with Crippen molar-refractivity contribution < 1.29 is 91.0 Å². The zero-order chi connectivity index (χ0) is 72.3. The van der Waals surface area contributed by atoms with Crippen molar-refractivity contribution in [1.82, 2.24) is 29.9 Å². The van der Waals surface area contributed by atoms with Gasteiger partial charge < -0.3 is 45.6 Å². The second-order valence-corrected chi connectivity index (χ2v) is 26.2. The van der Waals surface area contributed by atoms with E-state index in [4.69, 9.17) is 30.6 Å². The molecule has 6 atom stereocenters. The number of aryl methyl sites for hydroxylation is 6. The summed E-state index contributed by atoms with van der Waals surface area (Å²) in [6.07, 6.45) is 4.59. The Hall–Kier alpha value is -8.33. The molecule has 15 heteroatoms. The predicted octanol–water partition coefficient (Wildman–Crippen LogP) is 18.9. The first kappa shape index (κ1) is 84.6. The van der Waals surface area contributed by atoms with E-state index in [0.717, 1.165) is 67.9 Å². The van der Waals surface area contributed by atoms with Gasteiger partial charge in [0, 0.05) is 113 Å². The number of rotatable bonds is 12. The van der Waals surface area contributed by atoms with E-state index in [-0.39, 0.29) is 96.9 Å². The predicted molar refractivity (Wildman–Crippen MR) is 415 cm³/mol. The van der Waals surface area contributed by atoms with Crippen LogP contribution in [0.15, 0.2) is 225 Å². The number of aliphatic hydroxyl groups excluding tert-OH is 6. The fourth-order valence-corrected chi connectivity index (χ4v) is 12.0. The third-order valence-electron chi connectivity index (χ3n) is 16.6. The smallest absolute Gasteiger partial charge is 0.0539 e. The van der Waals surface area contributed by atoms with Crippen LogP contribution in [-0.4, -0.2) is 97.2 Å². The van der Waals surface area contributed by atoms with Crippen molar-refractivity contribution in [3.05, 3.63) is 277 Å². The van der Waals surface area contributed by atoms with Crippen LogP contribution in [0.25, 0.3) is 121 Å². The second kappa shape index (κ2) is 40.8. The number of hydrogen-bond acceptors (Lipinski definition) is 12. The molecule has 0 spiro atoms. The van der Waals surface area contributed by atoms with Gasteiger partial charge in [0.05, 0.1) is 53.7 Å². The van der Waals surface area contributed by atoms with Gasteiger partial charge in [-0.25, -0.2) is 0 Å². The maximum absolute atomic E-state index is 8.56. The van der Waals surface area contributed by atoms with Gasteiger partial charge in [0.25, 0.3) is 0 Å². The molecule has 0 saturated carbocycles. The summed E-state index contributed by atoms with van der Waals surface area (Å²) in [7, 11) is 0. The minimum absolute atomic E-state index is 0. The average Bonchev–Trinajstić information content (AvgIpc) is 0.804. The maximum atomic E-state index is 8.56. The molecule has 6 N–H and O–H groups in total. The molecule has 3 heterocycles. The molecule has 0 aliphatic heterocycles. The van der Waals surface area contributed by atoms with Crippen molar-refractivity contribution >= 4 is 53.9 Å². The standard InChI is InChI=1S/2C26H19N2.C22H17N2.3C5H12O2.3Ir/c1-17-16-27-26(18(2)28-17)22-13-11-19-10-12-21(14-23(19)15-22)25-9-5-7-20-6-3-4-8-24(20)25;1-17-16-27-26(18(2)28-17)25-12-11-23-14-22(9-10-24(23)15-25)21-8-7-19-5-3-4-6-20(19)13-21;1-15-14-23-22(16(2)24-15)20-11-9-18-8-10-19(12-21(18)13-20)17-6-4-3-5-7-17;3*1-4(6)3-5(2)7;;;/h3-12,14-16H,1-2H3;3-11,13-16H,1-2H3;3-10,12-14H,1-2H3;3*4-7H,3H2,1-2H3;;;/q3*-1;;;;;;. The quantitative estimate of drug-likeness (QED) is 0.0634. The second-order valence-electron chi connectivity index (χ2n) is 26.2. The molecule has 3 radical (unpaired) electrons. The third kappa shape index (κ3) is 24.4. The van der Waals surface area contributed by atoms with Gasteiger partial charge in [-0.05, 0) is 163 Å². The molecular formula is C89H91Ir3N6O6-3. The van der Waals surface area contributed by atoms with Crippen molar-refractivity contribution in [2.24, 2.45) is 0 Å². The molecule has 0 fully saturated rings. The Bertz CT molecular complexity index is 5020. The summed E-state index contributed by atoms with van der Waals surface area (Å²) in [5.41, 5.74) is 18.6. The van der Waals surface area contributed by atoms with Crippen LogP contribution in [0.3, 0.4) is 0 Å². The fourth-order valence-electron chi connectivity index (χ4n) is 12.0. The van der Waals surface area contributed by atoms with Crippen molar-refractivity contribution in [2.45, 2.75) is 139 Å². The van der Waals surface area contributed by atoms with E-state index in [1.54, 1.807) is 47.7 Å². The first-order chi connectivity index (χ1) is 48.4. The summed E-state index contributed by atoms with van der Waals surface area (Å²) in [6, 6.07) is 82.9. The third-order valence-corrected chi connectivity index (χ3v) is 16.6. The maximum Gasteiger partial charge on any atom is 0.0539 e. The van der Waals surface area contributed by atoms with E-state index >= 15 is 0 Å². The normalized spacial score (nSPS) is 12.4. The van der Waals surface area contributed by atoms with Gasteiger partial charge in [-0.15, -0.1) is 87.4 Å². The number of aromatic nitrogens is 6. The van der Waals surface area contributed by atoms with Crippen molar-refractivity contribution in [3.8, 4) is 67.2 Å². The van der Waals surface area contributed by atoms with E-state index in [0.29, 0.717) is 19.3 Å². The van der Waals surface area contributed by atoms with Crippen LogP contribution in [0.4, 0.5) is 0 Å². The Kier molecular flexibility index (Phi) is 33.2. The molecule has 104 heavy (non-hydrogen) atoms. The van der Waals surface area contributed by atoms with Gasteiger partial charge in [0.2, 0.25) is 0 Å². The minimum atomic E-state index is -0.375. The van der Waals surface area contributed by atoms with Crippen molar-refractivity contribution in [3.63, 3.8) is 0 Å². The number of fused-ring (bicyclic) bond motifs is 5. The average molecular weight is 1920 g/mol. The van der Waals surface area contributed by atoms with Crippen LogP contribution in [0.5, 0.6) is 0 Å². The van der Waals surface area contributed by atoms with E-state index in [1.165, 1.54) is 87.2 Å². The van der Waals surface area contributed by atoms with Crippen LogP contribution in [-0.2, 0) is 60.3 Å². The van der Waals surface area contributed by atoms with Crippen molar-refractivity contribution in [2.75, 3.05) is 0 Å². The Morgan fingerprint density at radius 2 is 0.606 bits per heavy atom. The monoisotopic (exact) mass is 1920 g/mol. The topological polar surface area (TPSA) is 199 Å². The van der Waals surface area contributed by atoms with Gasteiger partial charge in [0.15, 0.2) is 0 Å². The summed E-state index contributed by atoms with van der Waals surface area (Å²) < 4.78 is 0. The number of hydrogen-bond donors (Lipinski definition) is 6. The number of nitrogens with zero attached hydrogens (tertiary/aromatic N) is 6. The van der Waals surface area contributed by atoms with E-state index in [9.17, 15) is 0 Å². The molecular weight excluding hydrogens is 1830 g/mol. The van der Waals surface area contributed by atoms with Crippen LogP contribution in [0.1, 0.15) is 95.0 Å². The molecule has 3 aromatic heterocycles. The molecule has 11 aromatic carbocycles. The zero-order valence-corrected chi connectivity index (χ0v) is 68.0. The molecule has 0 aliphatic carbocycles. The van der Waals surface area contributed by atoms with Crippen LogP contribution < -0.4 is 0 Å². The summed E-state index contributed by atoms with van der Waals surface area (Å²) >= 11 is 0. The first-order valence-electron chi connectivity index (χ1n) is 34.3.